The van der Waals surface area contributed by atoms with Crippen molar-refractivity contribution in [3.8, 4) is 0 Å². The zero-order valence-electron chi connectivity index (χ0n) is 11.2. The van der Waals surface area contributed by atoms with Gasteiger partial charge in [-0.05, 0) is 40.5 Å². The van der Waals surface area contributed by atoms with E-state index in [1.54, 1.807) is 0 Å². The van der Waals surface area contributed by atoms with Crippen LogP contribution in [0.1, 0.15) is 25.8 Å². The third-order valence-corrected chi connectivity index (χ3v) is 4.44. The Kier molecular flexibility index (Phi) is 2.67. The molecule has 2 N–H and O–H groups in total. The van der Waals surface area contributed by atoms with E-state index in [0.29, 0.717) is 17.4 Å². The summed E-state index contributed by atoms with van der Waals surface area (Å²) in [6.07, 6.45) is 2.27. The molecule has 0 amide bonds. The van der Waals surface area contributed by atoms with E-state index >= 15 is 0 Å². The molecule has 18 heavy (non-hydrogen) atoms. The summed E-state index contributed by atoms with van der Waals surface area (Å²) in [5, 5.41) is 2.67. The summed E-state index contributed by atoms with van der Waals surface area (Å²) in [5.74, 6) is 0.691. The van der Waals surface area contributed by atoms with Gasteiger partial charge in [-0.25, -0.2) is 0 Å². The molecule has 0 bridgehead atoms. The Morgan fingerprint density at radius 3 is 2.56 bits per heavy atom. The van der Waals surface area contributed by atoms with Crippen molar-refractivity contribution in [2.75, 3.05) is 0 Å². The number of rotatable bonds is 3. The highest BCUT2D eigenvalue weighted by Gasteiger charge is 2.48. The third kappa shape index (κ3) is 2.04. The second-order valence-corrected chi connectivity index (χ2v) is 6.31. The van der Waals surface area contributed by atoms with Gasteiger partial charge < -0.3 is 5.73 Å². The SMILES string of the molecule is CC1(C)CC1C(N)Cc1cccc2ccccc12. The highest BCUT2D eigenvalue weighted by atomic mass is 14.7. The van der Waals surface area contributed by atoms with Gasteiger partial charge in [-0.15, -0.1) is 0 Å². The summed E-state index contributed by atoms with van der Waals surface area (Å²) in [6.45, 7) is 4.64. The van der Waals surface area contributed by atoms with E-state index in [1.807, 2.05) is 0 Å². The lowest BCUT2D eigenvalue weighted by molar-refractivity contribution is 0.477. The molecule has 2 unspecified atom stereocenters. The van der Waals surface area contributed by atoms with Gasteiger partial charge >= 0.3 is 0 Å². The van der Waals surface area contributed by atoms with Gasteiger partial charge in [-0.3, -0.25) is 0 Å². The van der Waals surface area contributed by atoms with Crippen molar-refractivity contribution < 1.29 is 0 Å². The van der Waals surface area contributed by atoms with Gasteiger partial charge in [-0.1, -0.05) is 56.3 Å². The Morgan fingerprint density at radius 1 is 1.17 bits per heavy atom. The first-order valence-corrected chi connectivity index (χ1v) is 6.80. The molecule has 1 saturated carbocycles. The molecule has 1 aliphatic rings. The molecule has 1 heteroatoms. The van der Waals surface area contributed by atoms with Crippen LogP contribution in [0.3, 0.4) is 0 Å². The van der Waals surface area contributed by atoms with Gasteiger partial charge in [0, 0.05) is 6.04 Å². The number of hydrogen-bond acceptors (Lipinski definition) is 1. The Morgan fingerprint density at radius 2 is 1.83 bits per heavy atom. The first-order valence-electron chi connectivity index (χ1n) is 6.80. The van der Waals surface area contributed by atoms with Gasteiger partial charge in [0.15, 0.2) is 0 Å². The predicted molar refractivity (Wildman–Crippen MR) is 77.5 cm³/mol. The van der Waals surface area contributed by atoms with Crippen LogP contribution >= 0.6 is 0 Å². The second-order valence-electron chi connectivity index (χ2n) is 6.31. The molecule has 94 valence electrons. The van der Waals surface area contributed by atoms with Crippen molar-refractivity contribution in [3.63, 3.8) is 0 Å². The first kappa shape index (κ1) is 11.7. The van der Waals surface area contributed by atoms with Crippen molar-refractivity contribution in [1.82, 2.24) is 0 Å². The molecular formula is C17H21N. The average Bonchev–Trinajstić information content (AvgIpc) is 2.99. The van der Waals surface area contributed by atoms with Crippen molar-refractivity contribution in [2.45, 2.75) is 32.7 Å². The monoisotopic (exact) mass is 239 g/mol. The summed E-state index contributed by atoms with van der Waals surface area (Å²) in [6, 6.07) is 15.4. The van der Waals surface area contributed by atoms with E-state index in [1.165, 1.54) is 22.8 Å². The maximum atomic E-state index is 6.38. The number of fused-ring (bicyclic) bond motifs is 1. The van der Waals surface area contributed by atoms with E-state index in [0.717, 1.165) is 6.42 Å². The minimum absolute atomic E-state index is 0.297. The molecule has 0 aromatic heterocycles. The van der Waals surface area contributed by atoms with Crippen LogP contribution in [0.25, 0.3) is 10.8 Å². The quantitative estimate of drug-likeness (QED) is 0.867. The van der Waals surface area contributed by atoms with Crippen LogP contribution in [0, 0.1) is 11.3 Å². The minimum Gasteiger partial charge on any atom is -0.327 e. The van der Waals surface area contributed by atoms with Crippen LogP contribution in [0.2, 0.25) is 0 Å². The van der Waals surface area contributed by atoms with Crippen molar-refractivity contribution in [1.29, 1.82) is 0 Å². The molecule has 0 aliphatic heterocycles. The minimum atomic E-state index is 0.297. The molecule has 3 rings (SSSR count). The lowest BCUT2D eigenvalue weighted by atomic mass is 9.95. The van der Waals surface area contributed by atoms with Gasteiger partial charge in [-0.2, -0.15) is 0 Å². The van der Waals surface area contributed by atoms with Gasteiger partial charge in [0.2, 0.25) is 0 Å². The summed E-state index contributed by atoms with van der Waals surface area (Å²) in [7, 11) is 0. The first-order chi connectivity index (χ1) is 8.58. The Hall–Kier alpha value is -1.34. The van der Waals surface area contributed by atoms with E-state index in [4.69, 9.17) is 5.73 Å². The lowest BCUT2D eigenvalue weighted by Gasteiger charge is -2.15. The van der Waals surface area contributed by atoms with Crippen LogP contribution in [-0.4, -0.2) is 6.04 Å². The van der Waals surface area contributed by atoms with Crippen molar-refractivity contribution >= 4 is 10.8 Å². The van der Waals surface area contributed by atoms with E-state index < -0.39 is 0 Å². The summed E-state index contributed by atoms with van der Waals surface area (Å²) >= 11 is 0. The summed E-state index contributed by atoms with van der Waals surface area (Å²) < 4.78 is 0. The van der Waals surface area contributed by atoms with Gasteiger partial charge in [0.25, 0.3) is 0 Å². The molecule has 2 atom stereocenters. The molecule has 0 saturated heterocycles. The lowest BCUT2D eigenvalue weighted by Crippen LogP contribution is -2.27. The summed E-state index contributed by atoms with van der Waals surface area (Å²) in [5.41, 5.74) is 8.23. The van der Waals surface area contributed by atoms with E-state index in [-0.39, 0.29) is 0 Å². The van der Waals surface area contributed by atoms with Crippen molar-refractivity contribution in [3.05, 3.63) is 48.0 Å². The fraction of sp³-hybridized carbons (Fsp3) is 0.412. The van der Waals surface area contributed by atoms with Crippen LogP contribution in [0.15, 0.2) is 42.5 Å². The molecular weight excluding hydrogens is 218 g/mol. The van der Waals surface area contributed by atoms with Crippen LogP contribution in [-0.2, 0) is 6.42 Å². The molecule has 1 aliphatic carbocycles. The largest absolute Gasteiger partial charge is 0.327 e. The zero-order chi connectivity index (χ0) is 12.8. The van der Waals surface area contributed by atoms with Crippen LogP contribution in [0.5, 0.6) is 0 Å². The normalized spacial score (nSPS) is 22.9. The van der Waals surface area contributed by atoms with Gasteiger partial charge in [0.1, 0.15) is 0 Å². The smallest absolute Gasteiger partial charge is 0.0113 e. The van der Waals surface area contributed by atoms with E-state index in [2.05, 4.69) is 56.3 Å². The molecule has 2 aromatic carbocycles. The number of benzene rings is 2. The highest BCUT2D eigenvalue weighted by molar-refractivity contribution is 5.85. The third-order valence-electron chi connectivity index (χ3n) is 4.44. The van der Waals surface area contributed by atoms with Gasteiger partial charge in [0.05, 0.1) is 0 Å². The standard InChI is InChI=1S/C17H21N/c1-17(2)11-15(17)16(18)10-13-8-5-7-12-6-3-4-9-14(12)13/h3-9,15-16H,10-11,18H2,1-2H3. The summed E-state index contributed by atoms with van der Waals surface area (Å²) in [4.78, 5) is 0. The Labute approximate surface area is 109 Å². The maximum absolute atomic E-state index is 6.38. The van der Waals surface area contributed by atoms with Crippen LogP contribution in [0.4, 0.5) is 0 Å². The number of hydrogen-bond donors (Lipinski definition) is 1. The Balaban J connectivity index is 1.87. The molecule has 0 heterocycles. The predicted octanol–water partition coefficient (Wildman–Crippen LogP) is 3.76. The fourth-order valence-electron chi connectivity index (χ4n) is 3.11. The topological polar surface area (TPSA) is 26.0 Å². The maximum Gasteiger partial charge on any atom is 0.0113 e. The molecule has 0 radical (unpaired) electrons. The van der Waals surface area contributed by atoms with Crippen molar-refractivity contribution in [2.24, 2.45) is 17.1 Å². The number of nitrogens with two attached hydrogens (primary N) is 1. The molecule has 1 fully saturated rings. The highest BCUT2D eigenvalue weighted by Crippen LogP contribution is 2.53. The van der Waals surface area contributed by atoms with E-state index in [9.17, 15) is 0 Å². The molecule has 2 aromatic rings. The fourth-order valence-corrected chi connectivity index (χ4v) is 3.11. The zero-order valence-corrected chi connectivity index (χ0v) is 11.2. The molecule has 1 nitrogen and oxygen atoms in total. The Bertz CT molecular complexity index is 565. The second kappa shape index (κ2) is 4.10. The average molecular weight is 239 g/mol. The van der Waals surface area contributed by atoms with Crippen LogP contribution < -0.4 is 5.73 Å². The molecule has 0 spiro atoms.